The molecule has 0 spiro atoms. The summed E-state index contributed by atoms with van der Waals surface area (Å²) in [6, 6.07) is 14.4. The Morgan fingerprint density at radius 1 is 1.14 bits per heavy atom. The van der Waals surface area contributed by atoms with Crippen molar-refractivity contribution in [1.82, 2.24) is 4.72 Å². The average molecular weight is 300 g/mol. The molecule has 2 aromatic rings. The van der Waals surface area contributed by atoms with Gasteiger partial charge in [0.1, 0.15) is 0 Å². The van der Waals surface area contributed by atoms with Crippen LogP contribution in [0.2, 0.25) is 0 Å². The molecule has 0 aromatic heterocycles. The zero-order valence-electron chi connectivity index (χ0n) is 12.3. The Morgan fingerprint density at radius 2 is 1.95 bits per heavy atom. The lowest BCUT2D eigenvalue weighted by Crippen LogP contribution is -2.05. The highest BCUT2D eigenvalue weighted by atomic mass is 32.2. The van der Waals surface area contributed by atoms with E-state index in [-0.39, 0.29) is 0 Å². The summed E-state index contributed by atoms with van der Waals surface area (Å²) in [5.41, 5.74) is 4.63. The van der Waals surface area contributed by atoms with Crippen LogP contribution in [0.15, 0.2) is 47.4 Å². The number of benzene rings is 2. The van der Waals surface area contributed by atoms with Crippen LogP contribution < -0.4 is 10.0 Å². The molecule has 2 aromatic carbocycles. The van der Waals surface area contributed by atoms with Gasteiger partial charge in [-0.25, -0.2) is 0 Å². The number of hydrogen-bond donors (Lipinski definition) is 2. The summed E-state index contributed by atoms with van der Waals surface area (Å²) in [6.07, 6.45) is 1.61. The van der Waals surface area contributed by atoms with Gasteiger partial charge in [0, 0.05) is 17.1 Å². The Labute approximate surface area is 130 Å². The molecule has 0 aliphatic heterocycles. The molecule has 0 saturated heterocycles. The Hall–Kier alpha value is -1.78. The molecule has 0 aliphatic carbocycles. The Kier molecular flexibility index (Phi) is 5.84. The third kappa shape index (κ3) is 4.34. The maximum atomic E-state index is 10.6. The summed E-state index contributed by atoms with van der Waals surface area (Å²) < 4.78 is 3.39. The minimum atomic E-state index is 0.720. The van der Waals surface area contributed by atoms with Gasteiger partial charge in [-0.3, -0.25) is 9.52 Å². The Balaban J connectivity index is 1.97. The molecular formula is C17H20N2OS. The van der Waals surface area contributed by atoms with Crippen LogP contribution >= 0.6 is 11.9 Å². The molecule has 0 fully saturated rings. The number of rotatable bonds is 7. The first-order valence-electron chi connectivity index (χ1n) is 7.02. The van der Waals surface area contributed by atoms with Crippen molar-refractivity contribution in [1.29, 1.82) is 0 Å². The van der Waals surface area contributed by atoms with E-state index in [0.29, 0.717) is 0 Å². The quantitative estimate of drug-likeness (QED) is 0.601. The van der Waals surface area contributed by atoms with Crippen molar-refractivity contribution in [2.24, 2.45) is 0 Å². The fraction of sp³-hybridized carbons (Fsp3) is 0.235. The van der Waals surface area contributed by atoms with E-state index >= 15 is 0 Å². The summed E-state index contributed by atoms with van der Waals surface area (Å²) in [5, 5.41) is 2.73. The molecular weight excluding hydrogens is 280 g/mol. The first-order chi connectivity index (χ1) is 10.2. The molecule has 3 nitrogen and oxygen atoms in total. The van der Waals surface area contributed by atoms with E-state index in [1.807, 2.05) is 12.1 Å². The molecule has 0 radical (unpaired) electrons. The topological polar surface area (TPSA) is 41.1 Å². The maximum Gasteiger partial charge on any atom is 0.211 e. The summed E-state index contributed by atoms with van der Waals surface area (Å²) in [4.78, 5) is 11.7. The molecule has 0 atom stereocenters. The van der Waals surface area contributed by atoms with Crippen molar-refractivity contribution in [2.45, 2.75) is 31.7 Å². The molecule has 21 heavy (non-hydrogen) atoms. The number of nitrogens with one attached hydrogen (secondary N) is 2. The number of amides is 1. The van der Waals surface area contributed by atoms with Gasteiger partial charge in [-0.1, -0.05) is 31.2 Å². The van der Waals surface area contributed by atoms with Gasteiger partial charge in [-0.05, 0) is 60.2 Å². The molecule has 0 saturated carbocycles. The number of carbonyl (C=O) groups excluding carboxylic acids is 1. The molecule has 2 N–H and O–H groups in total. The lowest BCUT2D eigenvalue weighted by atomic mass is 10.1. The standard InChI is InChI=1S/C17H20N2OS/c1-3-14-10-16(8-9-17(14)18-12-20)21-19-11-15-7-5-4-6-13(15)2/h4-10,12,19H,3,11H2,1-2H3,(H,18,20). The van der Waals surface area contributed by atoms with Crippen LogP contribution in [0, 0.1) is 6.92 Å². The third-order valence-electron chi connectivity index (χ3n) is 3.39. The molecule has 0 heterocycles. The van der Waals surface area contributed by atoms with Crippen LogP contribution in [-0.4, -0.2) is 6.41 Å². The summed E-state index contributed by atoms with van der Waals surface area (Å²) in [6.45, 7) is 5.03. The van der Waals surface area contributed by atoms with E-state index in [1.165, 1.54) is 11.1 Å². The van der Waals surface area contributed by atoms with Crippen molar-refractivity contribution in [3.63, 3.8) is 0 Å². The number of hydrogen-bond acceptors (Lipinski definition) is 3. The first kappa shape index (κ1) is 15.6. The van der Waals surface area contributed by atoms with E-state index in [4.69, 9.17) is 0 Å². The second-order valence-electron chi connectivity index (χ2n) is 4.78. The van der Waals surface area contributed by atoms with E-state index in [1.54, 1.807) is 11.9 Å². The number of aryl methyl sites for hydroxylation is 2. The van der Waals surface area contributed by atoms with Crippen LogP contribution in [-0.2, 0) is 17.8 Å². The summed E-state index contributed by atoms with van der Waals surface area (Å²) in [5.74, 6) is 0. The summed E-state index contributed by atoms with van der Waals surface area (Å²) >= 11 is 1.61. The molecule has 0 unspecified atom stereocenters. The van der Waals surface area contributed by atoms with Gasteiger partial charge in [-0.15, -0.1) is 0 Å². The van der Waals surface area contributed by atoms with Crippen LogP contribution in [0.5, 0.6) is 0 Å². The van der Waals surface area contributed by atoms with Crippen molar-refractivity contribution in [2.75, 3.05) is 5.32 Å². The van der Waals surface area contributed by atoms with Gasteiger partial charge in [0.15, 0.2) is 0 Å². The number of carbonyl (C=O) groups is 1. The van der Waals surface area contributed by atoms with E-state index in [9.17, 15) is 4.79 Å². The smallest absolute Gasteiger partial charge is 0.211 e. The summed E-state index contributed by atoms with van der Waals surface area (Å²) in [7, 11) is 0. The van der Waals surface area contributed by atoms with Gasteiger partial charge in [0.05, 0.1) is 0 Å². The fourth-order valence-electron chi connectivity index (χ4n) is 2.14. The zero-order chi connectivity index (χ0) is 15.1. The van der Waals surface area contributed by atoms with Crippen LogP contribution in [0.3, 0.4) is 0 Å². The SMILES string of the molecule is CCc1cc(SNCc2ccccc2C)ccc1NC=O. The predicted octanol–water partition coefficient (Wildman–Crippen LogP) is 3.92. The van der Waals surface area contributed by atoms with Crippen molar-refractivity contribution >= 4 is 24.0 Å². The van der Waals surface area contributed by atoms with Gasteiger partial charge < -0.3 is 5.32 Å². The van der Waals surface area contributed by atoms with Crippen molar-refractivity contribution in [3.8, 4) is 0 Å². The predicted molar refractivity (Wildman–Crippen MR) is 89.4 cm³/mol. The first-order valence-corrected chi connectivity index (χ1v) is 7.83. The van der Waals surface area contributed by atoms with Crippen LogP contribution in [0.25, 0.3) is 0 Å². The molecule has 0 aliphatic rings. The van der Waals surface area contributed by atoms with Crippen LogP contribution in [0.1, 0.15) is 23.6 Å². The second-order valence-corrected chi connectivity index (χ2v) is 5.75. The maximum absolute atomic E-state index is 10.6. The molecule has 0 bridgehead atoms. The fourth-order valence-corrected chi connectivity index (χ4v) is 2.87. The Bertz CT molecular complexity index is 613. The lowest BCUT2D eigenvalue weighted by Gasteiger charge is -2.10. The van der Waals surface area contributed by atoms with Gasteiger partial charge in [0.2, 0.25) is 6.41 Å². The molecule has 4 heteroatoms. The highest BCUT2D eigenvalue weighted by Crippen LogP contribution is 2.23. The zero-order valence-corrected chi connectivity index (χ0v) is 13.2. The molecule has 2 rings (SSSR count). The average Bonchev–Trinajstić information content (AvgIpc) is 2.51. The normalized spacial score (nSPS) is 10.4. The minimum absolute atomic E-state index is 0.720. The van der Waals surface area contributed by atoms with E-state index in [0.717, 1.165) is 35.5 Å². The lowest BCUT2D eigenvalue weighted by molar-refractivity contribution is -0.105. The highest BCUT2D eigenvalue weighted by molar-refractivity contribution is 7.97. The monoisotopic (exact) mass is 300 g/mol. The molecule has 110 valence electrons. The van der Waals surface area contributed by atoms with E-state index < -0.39 is 0 Å². The van der Waals surface area contributed by atoms with E-state index in [2.05, 4.69) is 54.2 Å². The van der Waals surface area contributed by atoms with Crippen molar-refractivity contribution < 1.29 is 4.79 Å². The minimum Gasteiger partial charge on any atom is -0.328 e. The van der Waals surface area contributed by atoms with Gasteiger partial charge in [0.25, 0.3) is 0 Å². The third-order valence-corrected chi connectivity index (χ3v) is 4.16. The van der Waals surface area contributed by atoms with Crippen molar-refractivity contribution in [3.05, 3.63) is 59.2 Å². The second kappa shape index (κ2) is 7.86. The highest BCUT2D eigenvalue weighted by Gasteiger charge is 2.03. The van der Waals surface area contributed by atoms with Crippen LogP contribution in [0.4, 0.5) is 5.69 Å². The van der Waals surface area contributed by atoms with Gasteiger partial charge >= 0.3 is 0 Å². The Morgan fingerprint density at radius 3 is 2.67 bits per heavy atom. The molecule has 1 amide bonds. The van der Waals surface area contributed by atoms with Gasteiger partial charge in [-0.2, -0.15) is 0 Å². The number of anilines is 1. The largest absolute Gasteiger partial charge is 0.328 e.